The summed E-state index contributed by atoms with van der Waals surface area (Å²) in [6.45, 7) is 5.73. The Morgan fingerprint density at radius 3 is 2.50 bits per heavy atom. The maximum atomic E-state index is 12.2. The van der Waals surface area contributed by atoms with Crippen molar-refractivity contribution in [3.8, 4) is 0 Å². The Morgan fingerprint density at radius 1 is 1.12 bits per heavy atom. The van der Waals surface area contributed by atoms with Gasteiger partial charge in [-0.1, -0.05) is 37.3 Å². The predicted molar refractivity (Wildman–Crippen MR) is 99.3 cm³/mol. The fraction of sp³-hybridized carbons (Fsp3) is 0.500. The number of para-hydroxylation sites is 1. The van der Waals surface area contributed by atoms with Crippen molar-refractivity contribution in [2.75, 3.05) is 18.4 Å². The highest BCUT2D eigenvalue weighted by Crippen LogP contribution is 2.25. The van der Waals surface area contributed by atoms with Gasteiger partial charge >= 0.3 is 0 Å². The first-order valence-corrected chi connectivity index (χ1v) is 9.38. The number of benzene rings is 1. The van der Waals surface area contributed by atoms with Crippen LogP contribution in [0.4, 0.5) is 5.13 Å². The Morgan fingerprint density at radius 2 is 1.83 bits per heavy atom. The van der Waals surface area contributed by atoms with Crippen LogP contribution >= 0.6 is 11.3 Å². The summed E-state index contributed by atoms with van der Waals surface area (Å²) in [6.07, 6.45) is 3.26. The average molecular weight is 347 g/mol. The second-order valence-electron chi connectivity index (χ2n) is 5.77. The lowest BCUT2D eigenvalue weighted by molar-refractivity contribution is -0.131. The fourth-order valence-corrected chi connectivity index (χ4v) is 3.45. The number of thiazole rings is 1. The summed E-state index contributed by atoms with van der Waals surface area (Å²) >= 11 is 1.47. The topological polar surface area (TPSA) is 62.3 Å². The second kappa shape index (κ2) is 9.37. The van der Waals surface area contributed by atoms with Gasteiger partial charge < -0.3 is 10.2 Å². The Labute approximate surface area is 147 Å². The Balaban J connectivity index is 1.77. The van der Waals surface area contributed by atoms with E-state index in [1.54, 1.807) is 0 Å². The fourth-order valence-electron chi connectivity index (χ4n) is 2.57. The van der Waals surface area contributed by atoms with Gasteiger partial charge in [0, 0.05) is 25.9 Å². The molecule has 0 bridgehead atoms. The molecule has 0 fully saturated rings. The van der Waals surface area contributed by atoms with Crippen LogP contribution in [0, 0.1) is 0 Å². The highest BCUT2D eigenvalue weighted by atomic mass is 32.1. The second-order valence-corrected chi connectivity index (χ2v) is 6.80. The zero-order valence-electron chi connectivity index (χ0n) is 14.4. The molecule has 0 spiro atoms. The third kappa shape index (κ3) is 5.30. The summed E-state index contributed by atoms with van der Waals surface area (Å²) in [7, 11) is 0. The van der Waals surface area contributed by atoms with Crippen LogP contribution in [-0.2, 0) is 9.59 Å². The third-order valence-corrected chi connectivity index (χ3v) is 4.63. The number of aromatic nitrogens is 1. The maximum Gasteiger partial charge on any atom is 0.226 e. The van der Waals surface area contributed by atoms with Crippen molar-refractivity contribution in [1.82, 2.24) is 9.88 Å². The monoisotopic (exact) mass is 347 g/mol. The molecule has 1 aromatic heterocycles. The number of amides is 2. The molecule has 130 valence electrons. The number of nitrogens with one attached hydrogen (secondary N) is 1. The molecule has 6 heteroatoms. The van der Waals surface area contributed by atoms with Crippen LogP contribution in [0.1, 0.15) is 46.0 Å². The lowest BCUT2D eigenvalue weighted by Crippen LogP contribution is -2.32. The molecule has 2 amide bonds. The van der Waals surface area contributed by atoms with Gasteiger partial charge in [-0.05, 0) is 31.4 Å². The van der Waals surface area contributed by atoms with Gasteiger partial charge in [0.2, 0.25) is 11.8 Å². The van der Waals surface area contributed by atoms with Crippen molar-refractivity contribution < 1.29 is 9.59 Å². The van der Waals surface area contributed by atoms with E-state index >= 15 is 0 Å². The molecular weight excluding hydrogens is 322 g/mol. The van der Waals surface area contributed by atoms with E-state index < -0.39 is 0 Å². The van der Waals surface area contributed by atoms with Crippen molar-refractivity contribution in [2.45, 2.75) is 46.0 Å². The molecule has 1 aromatic carbocycles. The van der Waals surface area contributed by atoms with Crippen LogP contribution in [0.15, 0.2) is 24.3 Å². The highest BCUT2D eigenvalue weighted by Gasteiger charge is 2.13. The van der Waals surface area contributed by atoms with E-state index in [1.807, 2.05) is 29.2 Å². The van der Waals surface area contributed by atoms with Crippen molar-refractivity contribution in [3.05, 3.63) is 24.3 Å². The molecule has 0 atom stereocenters. The summed E-state index contributed by atoms with van der Waals surface area (Å²) in [5.74, 6) is 0.0610. The number of fused-ring (bicyclic) bond motifs is 1. The summed E-state index contributed by atoms with van der Waals surface area (Å²) < 4.78 is 1.05. The number of hydrogen-bond acceptors (Lipinski definition) is 4. The first kappa shape index (κ1) is 18.4. The van der Waals surface area contributed by atoms with Gasteiger partial charge in [0.15, 0.2) is 5.13 Å². The molecule has 1 heterocycles. The molecule has 1 N–H and O–H groups in total. The van der Waals surface area contributed by atoms with E-state index in [9.17, 15) is 9.59 Å². The zero-order chi connectivity index (χ0) is 17.4. The summed E-state index contributed by atoms with van der Waals surface area (Å²) in [4.78, 5) is 30.5. The third-order valence-electron chi connectivity index (χ3n) is 3.67. The van der Waals surface area contributed by atoms with E-state index in [2.05, 4.69) is 24.1 Å². The van der Waals surface area contributed by atoms with Crippen LogP contribution in [0.25, 0.3) is 10.2 Å². The smallest absolute Gasteiger partial charge is 0.226 e. The van der Waals surface area contributed by atoms with Crippen LogP contribution in [0.2, 0.25) is 0 Å². The van der Waals surface area contributed by atoms with E-state index in [1.165, 1.54) is 11.3 Å². The lowest BCUT2D eigenvalue weighted by atomic mass is 10.2. The standard InChI is InChI=1S/C18H25N3O2S/c1-3-12-21(13-4-2)17(23)11-7-10-16(22)20-18-19-14-8-5-6-9-15(14)24-18/h5-6,8-9H,3-4,7,10-13H2,1-2H3,(H,19,20,22). The molecule has 0 saturated heterocycles. The minimum absolute atomic E-state index is 0.0839. The Bertz CT molecular complexity index is 645. The molecule has 0 unspecified atom stereocenters. The van der Waals surface area contributed by atoms with Crippen molar-refractivity contribution in [3.63, 3.8) is 0 Å². The minimum atomic E-state index is -0.0839. The van der Waals surface area contributed by atoms with Crippen LogP contribution in [-0.4, -0.2) is 34.8 Å². The van der Waals surface area contributed by atoms with Crippen LogP contribution in [0.3, 0.4) is 0 Å². The summed E-state index contributed by atoms with van der Waals surface area (Å²) in [5, 5.41) is 3.44. The number of carbonyl (C=O) groups excluding carboxylic acids is 2. The SMILES string of the molecule is CCCN(CCC)C(=O)CCCC(=O)Nc1nc2ccccc2s1. The molecule has 0 saturated carbocycles. The largest absolute Gasteiger partial charge is 0.343 e. The molecule has 0 aliphatic carbocycles. The molecule has 0 aliphatic heterocycles. The summed E-state index contributed by atoms with van der Waals surface area (Å²) in [6, 6.07) is 7.79. The maximum absolute atomic E-state index is 12.2. The molecule has 2 rings (SSSR count). The summed E-state index contributed by atoms with van der Waals surface area (Å²) in [5.41, 5.74) is 0.891. The van der Waals surface area contributed by atoms with Gasteiger partial charge in [0.1, 0.15) is 0 Å². The van der Waals surface area contributed by atoms with Gasteiger partial charge in [-0.2, -0.15) is 0 Å². The van der Waals surface area contributed by atoms with Crippen molar-refractivity contribution in [1.29, 1.82) is 0 Å². The quantitative estimate of drug-likeness (QED) is 0.744. The Hall–Kier alpha value is -1.95. The number of nitrogens with zero attached hydrogens (tertiary/aromatic N) is 2. The number of rotatable bonds is 9. The average Bonchev–Trinajstić information content (AvgIpc) is 2.96. The predicted octanol–water partition coefficient (Wildman–Crippen LogP) is 4.05. The zero-order valence-corrected chi connectivity index (χ0v) is 15.2. The van der Waals surface area contributed by atoms with Gasteiger partial charge in [-0.25, -0.2) is 4.98 Å². The number of carbonyl (C=O) groups is 2. The van der Waals surface area contributed by atoms with E-state index in [-0.39, 0.29) is 11.8 Å². The molecule has 0 radical (unpaired) electrons. The molecule has 0 aliphatic rings. The molecule has 24 heavy (non-hydrogen) atoms. The van der Waals surface area contributed by atoms with Gasteiger partial charge in [-0.15, -0.1) is 0 Å². The first-order chi connectivity index (χ1) is 11.6. The van der Waals surface area contributed by atoms with Crippen LogP contribution in [0.5, 0.6) is 0 Å². The van der Waals surface area contributed by atoms with Crippen molar-refractivity contribution >= 4 is 38.5 Å². The lowest BCUT2D eigenvalue weighted by Gasteiger charge is -2.21. The highest BCUT2D eigenvalue weighted by molar-refractivity contribution is 7.22. The van der Waals surface area contributed by atoms with E-state index in [4.69, 9.17) is 0 Å². The number of anilines is 1. The molecule has 2 aromatic rings. The van der Waals surface area contributed by atoms with Gasteiger partial charge in [0.05, 0.1) is 10.2 Å². The van der Waals surface area contributed by atoms with E-state index in [0.717, 1.165) is 36.1 Å². The number of hydrogen-bond donors (Lipinski definition) is 1. The van der Waals surface area contributed by atoms with Crippen LogP contribution < -0.4 is 5.32 Å². The van der Waals surface area contributed by atoms with Gasteiger partial charge in [-0.3, -0.25) is 9.59 Å². The van der Waals surface area contributed by atoms with Gasteiger partial charge in [0.25, 0.3) is 0 Å². The Kier molecular flexibility index (Phi) is 7.18. The molecular formula is C18H25N3O2S. The first-order valence-electron chi connectivity index (χ1n) is 8.57. The normalized spacial score (nSPS) is 10.8. The molecule has 5 nitrogen and oxygen atoms in total. The van der Waals surface area contributed by atoms with Crippen molar-refractivity contribution in [2.24, 2.45) is 0 Å². The van der Waals surface area contributed by atoms with E-state index in [0.29, 0.717) is 24.4 Å². The minimum Gasteiger partial charge on any atom is -0.343 e.